The number of carbonyl (C=O) groups is 1. The minimum absolute atomic E-state index is 0.109. The highest BCUT2D eigenvalue weighted by atomic mass is 35.5. The van der Waals surface area contributed by atoms with Gasteiger partial charge in [0.1, 0.15) is 5.82 Å². The van der Waals surface area contributed by atoms with E-state index in [1.54, 1.807) is 12.3 Å². The number of halogens is 1. The molecule has 1 fully saturated rings. The van der Waals surface area contributed by atoms with Crippen molar-refractivity contribution in [3.05, 3.63) is 17.3 Å². The SMILES string of the molecule is CON(C)C(=O)Nc1cnc(NC2(C)CC2)c(Cl)c1. The summed E-state index contributed by atoms with van der Waals surface area (Å²) in [5.74, 6) is 0.639. The molecule has 104 valence electrons. The van der Waals surface area contributed by atoms with Gasteiger partial charge < -0.3 is 10.6 Å². The van der Waals surface area contributed by atoms with Crippen LogP contribution in [-0.2, 0) is 4.84 Å². The van der Waals surface area contributed by atoms with Crippen LogP contribution < -0.4 is 10.6 Å². The van der Waals surface area contributed by atoms with Gasteiger partial charge in [0.2, 0.25) is 0 Å². The Hall–Kier alpha value is -1.53. The Bertz CT molecular complexity index is 491. The number of hydrogen-bond acceptors (Lipinski definition) is 4. The number of nitrogens with zero attached hydrogens (tertiary/aromatic N) is 2. The van der Waals surface area contributed by atoms with Crippen molar-refractivity contribution >= 4 is 29.1 Å². The van der Waals surface area contributed by atoms with E-state index in [4.69, 9.17) is 16.4 Å². The van der Waals surface area contributed by atoms with E-state index in [0.717, 1.165) is 17.9 Å². The predicted molar refractivity (Wildman–Crippen MR) is 74.3 cm³/mol. The summed E-state index contributed by atoms with van der Waals surface area (Å²) >= 11 is 6.14. The van der Waals surface area contributed by atoms with Gasteiger partial charge in [-0.05, 0) is 25.8 Å². The van der Waals surface area contributed by atoms with Crippen LogP contribution in [-0.4, -0.2) is 35.8 Å². The summed E-state index contributed by atoms with van der Waals surface area (Å²) in [7, 11) is 2.92. The van der Waals surface area contributed by atoms with Crippen molar-refractivity contribution < 1.29 is 9.63 Å². The predicted octanol–water partition coefficient (Wildman–Crippen LogP) is 2.72. The Morgan fingerprint density at radius 3 is 2.79 bits per heavy atom. The molecule has 0 spiro atoms. The normalized spacial score (nSPS) is 15.8. The Kier molecular flexibility index (Phi) is 3.82. The van der Waals surface area contributed by atoms with Crippen molar-refractivity contribution in [3.63, 3.8) is 0 Å². The van der Waals surface area contributed by atoms with E-state index in [1.807, 2.05) is 0 Å². The summed E-state index contributed by atoms with van der Waals surface area (Å²) in [5, 5.41) is 7.46. The summed E-state index contributed by atoms with van der Waals surface area (Å²) in [5.41, 5.74) is 0.628. The number of nitrogens with one attached hydrogen (secondary N) is 2. The van der Waals surface area contributed by atoms with Crippen molar-refractivity contribution in [2.45, 2.75) is 25.3 Å². The molecule has 0 atom stereocenters. The minimum atomic E-state index is -0.393. The van der Waals surface area contributed by atoms with Crippen LogP contribution in [0.5, 0.6) is 0 Å². The van der Waals surface area contributed by atoms with Crippen molar-refractivity contribution in [2.75, 3.05) is 24.8 Å². The maximum absolute atomic E-state index is 11.6. The molecule has 0 radical (unpaired) electrons. The van der Waals surface area contributed by atoms with Crippen molar-refractivity contribution in [1.82, 2.24) is 10.0 Å². The van der Waals surface area contributed by atoms with E-state index in [0.29, 0.717) is 16.5 Å². The van der Waals surface area contributed by atoms with Crippen LogP contribution in [0.15, 0.2) is 12.3 Å². The highest BCUT2D eigenvalue weighted by Crippen LogP contribution is 2.39. The Balaban J connectivity index is 2.04. The summed E-state index contributed by atoms with van der Waals surface area (Å²) < 4.78 is 0. The second-order valence-corrected chi connectivity index (χ2v) is 5.26. The van der Waals surface area contributed by atoms with Crippen LogP contribution >= 0.6 is 11.6 Å². The van der Waals surface area contributed by atoms with Gasteiger partial charge in [0.25, 0.3) is 0 Å². The second kappa shape index (κ2) is 5.22. The fraction of sp³-hybridized carbons (Fsp3) is 0.500. The quantitative estimate of drug-likeness (QED) is 0.834. The molecular formula is C12H17ClN4O2. The van der Waals surface area contributed by atoms with Crippen molar-refractivity contribution in [1.29, 1.82) is 0 Å². The Labute approximate surface area is 117 Å². The van der Waals surface area contributed by atoms with E-state index < -0.39 is 6.03 Å². The number of rotatable bonds is 4. The lowest BCUT2D eigenvalue weighted by Crippen LogP contribution is -2.30. The van der Waals surface area contributed by atoms with E-state index in [1.165, 1.54) is 14.2 Å². The van der Waals surface area contributed by atoms with Gasteiger partial charge in [-0.3, -0.25) is 4.84 Å². The van der Waals surface area contributed by atoms with Crippen LogP contribution in [0.2, 0.25) is 5.02 Å². The molecule has 7 heteroatoms. The Morgan fingerprint density at radius 1 is 1.58 bits per heavy atom. The molecule has 1 saturated carbocycles. The molecule has 0 unspecified atom stereocenters. The van der Waals surface area contributed by atoms with Crippen molar-refractivity contribution in [2.24, 2.45) is 0 Å². The average Bonchev–Trinajstić information content (AvgIpc) is 3.09. The first-order valence-corrected chi connectivity index (χ1v) is 6.34. The van der Waals surface area contributed by atoms with Gasteiger partial charge in [-0.2, -0.15) is 0 Å². The van der Waals surface area contributed by atoms with Gasteiger partial charge in [0.05, 0.1) is 24.0 Å². The number of amides is 2. The number of aromatic nitrogens is 1. The van der Waals surface area contributed by atoms with Crippen LogP contribution in [0.25, 0.3) is 0 Å². The van der Waals surface area contributed by atoms with Crippen LogP contribution in [0.1, 0.15) is 19.8 Å². The molecule has 2 amide bonds. The van der Waals surface area contributed by atoms with Crippen molar-refractivity contribution in [3.8, 4) is 0 Å². The maximum atomic E-state index is 11.6. The standard InChI is InChI=1S/C12H17ClN4O2/c1-12(4-5-12)16-10-9(13)6-8(7-14-10)15-11(18)17(2)19-3/h6-7H,4-5H2,1-3H3,(H,14,16)(H,15,18). The lowest BCUT2D eigenvalue weighted by molar-refractivity contribution is -0.0598. The molecule has 0 aromatic carbocycles. The summed E-state index contributed by atoms with van der Waals surface area (Å²) in [6.07, 6.45) is 3.78. The number of anilines is 2. The summed E-state index contributed by atoms with van der Waals surface area (Å²) in [4.78, 5) is 20.6. The van der Waals surface area contributed by atoms with E-state index in [2.05, 4.69) is 22.5 Å². The molecule has 0 aliphatic heterocycles. The van der Waals surface area contributed by atoms with E-state index in [-0.39, 0.29) is 5.54 Å². The first-order valence-electron chi connectivity index (χ1n) is 5.96. The number of urea groups is 1. The van der Waals surface area contributed by atoms with Gasteiger partial charge in [-0.1, -0.05) is 11.6 Å². The third-order valence-electron chi connectivity index (χ3n) is 3.07. The zero-order valence-corrected chi connectivity index (χ0v) is 11.9. The van der Waals surface area contributed by atoms with Gasteiger partial charge in [-0.15, -0.1) is 0 Å². The molecule has 1 aromatic rings. The van der Waals surface area contributed by atoms with Crippen LogP contribution in [0.3, 0.4) is 0 Å². The third kappa shape index (κ3) is 3.48. The monoisotopic (exact) mass is 284 g/mol. The Morgan fingerprint density at radius 2 is 2.26 bits per heavy atom. The van der Waals surface area contributed by atoms with Crippen LogP contribution in [0, 0.1) is 0 Å². The molecule has 1 aliphatic carbocycles. The summed E-state index contributed by atoms with van der Waals surface area (Å²) in [6.45, 7) is 2.12. The lowest BCUT2D eigenvalue weighted by Gasteiger charge is -2.16. The van der Waals surface area contributed by atoms with E-state index in [9.17, 15) is 4.79 Å². The first kappa shape index (κ1) is 13.9. The molecule has 19 heavy (non-hydrogen) atoms. The smallest absolute Gasteiger partial charge is 0.345 e. The molecule has 2 rings (SSSR count). The van der Waals surface area contributed by atoms with Gasteiger partial charge >= 0.3 is 6.03 Å². The molecule has 0 bridgehead atoms. The highest BCUT2D eigenvalue weighted by Gasteiger charge is 2.37. The molecule has 6 nitrogen and oxygen atoms in total. The largest absolute Gasteiger partial charge is 0.364 e. The average molecular weight is 285 g/mol. The minimum Gasteiger partial charge on any atom is -0.364 e. The molecule has 1 aromatic heterocycles. The molecule has 2 N–H and O–H groups in total. The number of hydrogen-bond donors (Lipinski definition) is 2. The fourth-order valence-electron chi connectivity index (χ4n) is 1.48. The number of carbonyl (C=O) groups excluding carboxylic acids is 1. The first-order chi connectivity index (χ1) is 8.93. The number of hydroxylamine groups is 2. The zero-order valence-electron chi connectivity index (χ0n) is 11.2. The van der Waals surface area contributed by atoms with Gasteiger partial charge in [0, 0.05) is 12.6 Å². The van der Waals surface area contributed by atoms with Gasteiger partial charge in [-0.25, -0.2) is 14.8 Å². The molecular weight excluding hydrogens is 268 g/mol. The highest BCUT2D eigenvalue weighted by molar-refractivity contribution is 6.33. The van der Waals surface area contributed by atoms with E-state index >= 15 is 0 Å². The molecule has 1 aliphatic rings. The molecule has 0 saturated heterocycles. The molecule has 1 heterocycles. The fourth-order valence-corrected chi connectivity index (χ4v) is 1.70. The zero-order chi connectivity index (χ0) is 14.0. The van der Waals surface area contributed by atoms with Crippen LogP contribution in [0.4, 0.5) is 16.3 Å². The van der Waals surface area contributed by atoms with Gasteiger partial charge in [0.15, 0.2) is 0 Å². The second-order valence-electron chi connectivity index (χ2n) is 4.85. The lowest BCUT2D eigenvalue weighted by atomic mass is 10.3. The third-order valence-corrected chi connectivity index (χ3v) is 3.36. The maximum Gasteiger partial charge on any atom is 0.345 e. The summed E-state index contributed by atoms with van der Waals surface area (Å²) in [6, 6.07) is 1.26. The number of pyridine rings is 1. The topological polar surface area (TPSA) is 66.5 Å².